The predicted octanol–water partition coefficient (Wildman–Crippen LogP) is 5.24. The lowest BCUT2D eigenvalue weighted by Crippen LogP contribution is -2.39. The molecule has 0 spiro atoms. The number of benzene rings is 1. The number of hydrogen-bond acceptors (Lipinski definition) is 5. The maximum absolute atomic E-state index is 12.3. The van der Waals surface area contributed by atoms with Gasteiger partial charge in [-0.3, -0.25) is 20.0 Å². The van der Waals surface area contributed by atoms with E-state index in [0.717, 1.165) is 24.3 Å². The van der Waals surface area contributed by atoms with E-state index in [1.807, 2.05) is 56.9 Å². The van der Waals surface area contributed by atoms with Crippen LogP contribution in [-0.2, 0) is 9.59 Å². The summed E-state index contributed by atoms with van der Waals surface area (Å²) >= 11 is 1.90. The molecule has 0 radical (unpaired) electrons. The second-order valence-electron chi connectivity index (χ2n) is 8.59. The van der Waals surface area contributed by atoms with Gasteiger partial charge in [-0.2, -0.15) is 11.8 Å². The zero-order chi connectivity index (χ0) is 22.0. The van der Waals surface area contributed by atoms with Gasteiger partial charge in [-0.1, -0.05) is 41.5 Å². The maximum Gasteiger partial charge on any atom is 0.238 e. The van der Waals surface area contributed by atoms with Crippen LogP contribution < -0.4 is 15.2 Å². The summed E-state index contributed by atoms with van der Waals surface area (Å²) < 4.78 is 5.79. The lowest BCUT2D eigenvalue weighted by atomic mass is 10.1. The number of anilines is 1. The number of rotatable bonds is 13. The van der Waals surface area contributed by atoms with Gasteiger partial charge in [-0.05, 0) is 42.4 Å². The van der Waals surface area contributed by atoms with Crippen molar-refractivity contribution in [1.82, 2.24) is 5.43 Å². The van der Waals surface area contributed by atoms with Crippen molar-refractivity contribution in [2.75, 3.05) is 18.7 Å². The van der Waals surface area contributed by atoms with Crippen LogP contribution in [0.15, 0.2) is 24.3 Å². The molecule has 1 aromatic rings. The molecule has 0 atom stereocenters. The Morgan fingerprint density at radius 3 is 2.28 bits per heavy atom. The molecule has 0 saturated carbocycles. The second kappa shape index (κ2) is 12.1. The smallest absolute Gasteiger partial charge is 0.238 e. The number of hydrogen-bond donors (Lipinski definition) is 1. The number of Topliss-reactive ketones (excluding diaryl/α,β-unsaturated/α-hetero) is 1. The number of nitrogens with one attached hydrogen (secondary N) is 1. The number of ether oxygens (including phenoxy) is 1. The van der Waals surface area contributed by atoms with Gasteiger partial charge < -0.3 is 4.74 Å². The summed E-state index contributed by atoms with van der Waals surface area (Å²) in [5.41, 5.74) is 3.81. The Morgan fingerprint density at radius 1 is 1.10 bits per heavy atom. The van der Waals surface area contributed by atoms with Gasteiger partial charge in [0.25, 0.3) is 0 Å². The molecule has 1 aromatic carbocycles. The van der Waals surface area contributed by atoms with Crippen LogP contribution in [0, 0.1) is 5.92 Å². The predicted molar refractivity (Wildman–Crippen MR) is 124 cm³/mol. The summed E-state index contributed by atoms with van der Waals surface area (Å²) in [7, 11) is 1.83. The quantitative estimate of drug-likeness (QED) is 0.348. The van der Waals surface area contributed by atoms with Crippen molar-refractivity contribution < 1.29 is 14.3 Å². The minimum Gasteiger partial charge on any atom is -0.494 e. The van der Waals surface area contributed by atoms with Gasteiger partial charge in [0.2, 0.25) is 5.91 Å². The van der Waals surface area contributed by atoms with E-state index in [0.29, 0.717) is 24.7 Å². The fourth-order valence-electron chi connectivity index (χ4n) is 2.91. The Hall–Kier alpha value is -1.69. The van der Waals surface area contributed by atoms with Gasteiger partial charge in [0.1, 0.15) is 11.5 Å². The Labute approximate surface area is 180 Å². The lowest BCUT2D eigenvalue weighted by molar-refractivity contribution is -0.122. The van der Waals surface area contributed by atoms with E-state index < -0.39 is 0 Å². The number of carbonyl (C=O) groups is 2. The monoisotopic (exact) mass is 422 g/mol. The molecule has 0 fully saturated rings. The maximum atomic E-state index is 12.3. The van der Waals surface area contributed by atoms with Crippen LogP contribution >= 0.6 is 11.8 Å². The number of amides is 1. The summed E-state index contributed by atoms with van der Waals surface area (Å²) in [4.78, 5) is 23.9. The standard InChI is InChI=1S/C23H38N2O3S/c1-17(2)21(26)9-8-16-28-20-12-10-19(11-13-20)25(7)24-22(27)14-15-23(5,6)29-18(3)4/h10-13,17-18H,8-9,14-16H2,1-7H3,(H,24,27). The van der Waals surface area contributed by atoms with E-state index in [2.05, 4.69) is 33.1 Å². The van der Waals surface area contributed by atoms with Gasteiger partial charge >= 0.3 is 0 Å². The first-order chi connectivity index (χ1) is 13.5. The van der Waals surface area contributed by atoms with Gasteiger partial charge in [0, 0.05) is 30.6 Å². The van der Waals surface area contributed by atoms with E-state index in [4.69, 9.17) is 4.74 Å². The molecule has 0 saturated heterocycles. The summed E-state index contributed by atoms with van der Waals surface area (Å²) in [5, 5.41) is 2.28. The van der Waals surface area contributed by atoms with Crippen LogP contribution in [-0.4, -0.2) is 35.3 Å². The highest BCUT2D eigenvalue weighted by molar-refractivity contribution is 8.01. The van der Waals surface area contributed by atoms with Crippen LogP contribution in [0.25, 0.3) is 0 Å². The van der Waals surface area contributed by atoms with Crippen LogP contribution in [0.4, 0.5) is 5.69 Å². The third-order valence-electron chi connectivity index (χ3n) is 4.51. The largest absolute Gasteiger partial charge is 0.494 e. The molecule has 29 heavy (non-hydrogen) atoms. The average Bonchev–Trinajstić information content (AvgIpc) is 2.62. The van der Waals surface area contributed by atoms with Crippen molar-refractivity contribution in [2.24, 2.45) is 5.92 Å². The summed E-state index contributed by atoms with van der Waals surface area (Å²) in [6.45, 7) is 13.1. The Morgan fingerprint density at radius 2 is 1.72 bits per heavy atom. The molecule has 1 N–H and O–H groups in total. The minimum atomic E-state index is 0.0140. The SMILES string of the molecule is CC(C)SC(C)(C)CCC(=O)NN(C)c1ccc(OCCCC(=O)C(C)C)cc1. The van der Waals surface area contributed by atoms with Crippen molar-refractivity contribution in [3.05, 3.63) is 24.3 Å². The molecule has 0 aliphatic heterocycles. The normalized spacial score (nSPS) is 11.6. The number of carbonyl (C=O) groups excluding carboxylic acids is 2. The van der Waals surface area contributed by atoms with Crippen molar-refractivity contribution in [3.8, 4) is 5.75 Å². The molecule has 5 nitrogen and oxygen atoms in total. The van der Waals surface area contributed by atoms with Crippen LogP contribution in [0.3, 0.4) is 0 Å². The Bertz CT molecular complexity index is 642. The zero-order valence-electron chi connectivity index (χ0n) is 19.1. The number of nitrogens with zero attached hydrogens (tertiary/aromatic N) is 1. The topological polar surface area (TPSA) is 58.6 Å². The molecule has 1 rings (SSSR count). The Balaban J connectivity index is 2.40. The van der Waals surface area contributed by atoms with Crippen LogP contribution in [0.2, 0.25) is 0 Å². The highest BCUT2D eigenvalue weighted by Crippen LogP contribution is 2.32. The van der Waals surface area contributed by atoms with Gasteiger partial charge in [0.15, 0.2) is 0 Å². The zero-order valence-corrected chi connectivity index (χ0v) is 19.9. The minimum absolute atomic E-state index is 0.0140. The van der Waals surface area contributed by atoms with Gasteiger partial charge in [0.05, 0.1) is 12.3 Å². The van der Waals surface area contributed by atoms with Crippen LogP contribution in [0.1, 0.15) is 67.2 Å². The van der Waals surface area contributed by atoms with Gasteiger partial charge in [-0.15, -0.1) is 0 Å². The van der Waals surface area contributed by atoms with Crippen molar-refractivity contribution >= 4 is 29.1 Å². The fourth-order valence-corrected chi connectivity index (χ4v) is 4.41. The molecular formula is C23H38N2O3S. The third kappa shape index (κ3) is 10.6. The molecule has 0 heterocycles. The van der Waals surface area contributed by atoms with E-state index in [-0.39, 0.29) is 22.4 Å². The van der Waals surface area contributed by atoms with E-state index in [9.17, 15) is 9.59 Å². The highest BCUT2D eigenvalue weighted by Gasteiger charge is 2.21. The average molecular weight is 423 g/mol. The molecule has 0 unspecified atom stereocenters. The van der Waals surface area contributed by atoms with Crippen molar-refractivity contribution in [2.45, 2.75) is 77.2 Å². The molecule has 6 heteroatoms. The van der Waals surface area contributed by atoms with E-state index >= 15 is 0 Å². The molecule has 0 aliphatic rings. The van der Waals surface area contributed by atoms with Gasteiger partial charge in [-0.25, -0.2) is 0 Å². The highest BCUT2D eigenvalue weighted by atomic mass is 32.2. The van der Waals surface area contributed by atoms with E-state index in [1.165, 1.54) is 0 Å². The lowest BCUT2D eigenvalue weighted by Gasteiger charge is -2.27. The number of thioether (sulfide) groups is 1. The summed E-state index contributed by atoms with van der Waals surface area (Å²) in [6, 6.07) is 7.58. The number of hydrazine groups is 1. The molecule has 0 bridgehead atoms. The Kier molecular flexibility index (Phi) is 10.6. The second-order valence-corrected chi connectivity index (χ2v) is 10.9. The third-order valence-corrected chi connectivity index (χ3v) is 5.82. The first-order valence-electron chi connectivity index (χ1n) is 10.5. The fraction of sp³-hybridized carbons (Fsp3) is 0.652. The number of ketones is 1. The molecular weight excluding hydrogens is 384 g/mol. The van der Waals surface area contributed by atoms with Crippen molar-refractivity contribution in [3.63, 3.8) is 0 Å². The van der Waals surface area contributed by atoms with E-state index in [1.54, 1.807) is 5.01 Å². The molecule has 1 amide bonds. The first kappa shape index (κ1) is 25.3. The molecule has 0 aliphatic carbocycles. The summed E-state index contributed by atoms with van der Waals surface area (Å²) in [6.07, 6.45) is 2.60. The summed E-state index contributed by atoms with van der Waals surface area (Å²) in [5.74, 6) is 1.13. The van der Waals surface area contributed by atoms with Crippen LogP contribution in [0.5, 0.6) is 5.75 Å². The molecule has 0 aromatic heterocycles. The molecule has 164 valence electrons. The van der Waals surface area contributed by atoms with Crippen molar-refractivity contribution in [1.29, 1.82) is 0 Å². The first-order valence-corrected chi connectivity index (χ1v) is 11.3.